The standard InChI is InChI=1S/C13H22N4/c1-16(8-9-17-6-2-3-7-17)13-5-4-12(10-14)15-11-13/h4-5,11H,2-3,6-10,14H2,1H3. The summed E-state index contributed by atoms with van der Waals surface area (Å²) in [6, 6.07) is 4.10. The third-order valence-electron chi connectivity index (χ3n) is 3.41. The maximum atomic E-state index is 5.53. The zero-order valence-corrected chi connectivity index (χ0v) is 10.6. The smallest absolute Gasteiger partial charge is 0.0550 e. The normalized spacial score (nSPS) is 16.4. The van der Waals surface area contributed by atoms with E-state index in [1.54, 1.807) is 0 Å². The summed E-state index contributed by atoms with van der Waals surface area (Å²) in [5.74, 6) is 0. The van der Waals surface area contributed by atoms with Gasteiger partial charge in [0.15, 0.2) is 0 Å². The SMILES string of the molecule is CN(CCN1CCCC1)c1ccc(CN)nc1. The van der Waals surface area contributed by atoms with Gasteiger partial charge in [0.1, 0.15) is 0 Å². The van der Waals surface area contributed by atoms with Gasteiger partial charge in [0.05, 0.1) is 17.6 Å². The topological polar surface area (TPSA) is 45.4 Å². The summed E-state index contributed by atoms with van der Waals surface area (Å²) in [7, 11) is 2.12. The number of likely N-dealkylation sites (tertiary alicyclic amines) is 1. The van der Waals surface area contributed by atoms with Crippen molar-refractivity contribution in [1.82, 2.24) is 9.88 Å². The van der Waals surface area contributed by atoms with E-state index in [-0.39, 0.29) is 0 Å². The molecule has 0 saturated carbocycles. The van der Waals surface area contributed by atoms with Crippen molar-refractivity contribution in [2.75, 3.05) is 38.1 Å². The molecule has 1 saturated heterocycles. The lowest BCUT2D eigenvalue weighted by atomic mass is 10.3. The van der Waals surface area contributed by atoms with Crippen LogP contribution in [0.15, 0.2) is 18.3 Å². The Balaban J connectivity index is 1.83. The Morgan fingerprint density at radius 1 is 1.35 bits per heavy atom. The monoisotopic (exact) mass is 234 g/mol. The van der Waals surface area contributed by atoms with Gasteiger partial charge >= 0.3 is 0 Å². The van der Waals surface area contributed by atoms with Crippen LogP contribution in [0.5, 0.6) is 0 Å². The van der Waals surface area contributed by atoms with Crippen molar-refractivity contribution >= 4 is 5.69 Å². The molecule has 1 aliphatic rings. The zero-order chi connectivity index (χ0) is 12.1. The number of rotatable bonds is 5. The molecule has 17 heavy (non-hydrogen) atoms. The van der Waals surface area contributed by atoms with Gasteiger partial charge in [-0.15, -0.1) is 0 Å². The summed E-state index contributed by atoms with van der Waals surface area (Å²) in [6.45, 7) is 5.24. The van der Waals surface area contributed by atoms with E-state index in [9.17, 15) is 0 Å². The minimum Gasteiger partial charge on any atom is -0.372 e. The Bertz CT molecular complexity index is 330. The van der Waals surface area contributed by atoms with Crippen molar-refractivity contribution in [1.29, 1.82) is 0 Å². The van der Waals surface area contributed by atoms with Gasteiger partial charge in [0.2, 0.25) is 0 Å². The van der Waals surface area contributed by atoms with Gasteiger partial charge in [-0.1, -0.05) is 0 Å². The highest BCUT2D eigenvalue weighted by Gasteiger charge is 2.11. The Kier molecular flexibility index (Phi) is 4.34. The molecule has 0 aliphatic carbocycles. The molecule has 0 atom stereocenters. The summed E-state index contributed by atoms with van der Waals surface area (Å²) in [5, 5.41) is 0. The molecule has 94 valence electrons. The van der Waals surface area contributed by atoms with Crippen LogP contribution in [-0.2, 0) is 6.54 Å². The predicted molar refractivity (Wildman–Crippen MR) is 71.1 cm³/mol. The fourth-order valence-electron chi connectivity index (χ4n) is 2.19. The number of hydrogen-bond donors (Lipinski definition) is 1. The van der Waals surface area contributed by atoms with Gasteiger partial charge in [-0.05, 0) is 38.1 Å². The minimum atomic E-state index is 0.512. The maximum absolute atomic E-state index is 5.53. The molecule has 0 radical (unpaired) electrons. The molecule has 0 aromatic carbocycles. The van der Waals surface area contributed by atoms with Crippen molar-refractivity contribution in [2.45, 2.75) is 19.4 Å². The second kappa shape index (κ2) is 5.98. The molecule has 0 amide bonds. The maximum Gasteiger partial charge on any atom is 0.0550 e. The molecule has 4 heteroatoms. The van der Waals surface area contributed by atoms with E-state index in [1.807, 2.05) is 12.3 Å². The fourth-order valence-corrected chi connectivity index (χ4v) is 2.19. The molecule has 0 unspecified atom stereocenters. The van der Waals surface area contributed by atoms with Gasteiger partial charge in [-0.25, -0.2) is 0 Å². The summed E-state index contributed by atoms with van der Waals surface area (Å²) in [6.07, 6.45) is 4.62. The lowest BCUT2D eigenvalue weighted by Gasteiger charge is -2.22. The molecule has 1 fully saturated rings. The highest BCUT2D eigenvalue weighted by atomic mass is 15.2. The first kappa shape index (κ1) is 12.3. The molecule has 1 aliphatic heterocycles. The summed E-state index contributed by atoms with van der Waals surface area (Å²) in [5.41, 5.74) is 7.65. The largest absolute Gasteiger partial charge is 0.372 e. The average molecular weight is 234 g/mol. The summed E-state index contributed by atoms with van der Waals surface area (Å²) in [4.78, 5) is 9.10. The Hall–Kier alpha value is -1.13. The van der Waals surface area contributed by atoms with Crippen LogP contribution < -0.4 is 10.6 Å². The summed E-state index contributed by atoms with van der Waals surface area (Å²) >= 11 is 0. The van der Waals surface area contributed by atoms with Crippen LogP contribution in [0.2, 0.25) is 0 Å². The first-order chi connectivity index (χ1) is 8.29. The van der Waals surface area contributed by atoms with E-state index in [2.05, 4.69) is 27.9 Å². The first-order valence-corrected chi connectivity index (χ1v) is 6.38. The lowest BCUT2D eigenvalue weighted by molar-refractivity contribution is 0.346. The van der Waals surface area contributed by atoms with Gasteiger partial charge in [-0.2, -0.15) is 0 Å². The van der Waals surface area contributed by atoms with Gasteiger partial charge in [0.25, 0.3) is 0 Å². The zero-order valence-electron chi connectivity index (χ0n) is 10.6. The Morgan fingerprint density at radius 3 is 2.71 bits per heavy atom. The quantitative estimate of drug-likeness (QED) is 0.828. The van der Waals surface area contributed by atoms with Gasteiger partial charge in [-0.3, -0.25) is 4.98 Å². The van der Waals surface area contributed by atoms with E-state index in [0.29, 0.717) is 6.54 Å². The number of likely N-dealkylation sites (N-methyl/N-ethyl adjacent to an activating group) is 1. The number of nitrogens with zero attached hydrogens (tertiary/aromatic N) is 3. The molecule has 1 aromatic heterocycles. The van der Waals surface area contributed by atoms with Crippen LogP contribution in [-0.4, -0.2) is 43.1 Å². The third-order valence-corrected chi connectivity index (χ3v) is 3.41. The van der Waals surface area contributed by atoms with E-state index in [4.69, 9.17) is 5.73 Å². The van der Waals surface area contributed by atoms with Crippen LogP contribution in [0.3, 0.4) is 0 Å². The van der Waals surface area contributed by atoms with E-state index in [1.165, 1.54) is 31.6 Å². The van der Waals surface area contributed by atoms with Crippen LogP contribution in [0.25, 0.3) is 0 Å². The van der Waals surface area contributed by atoms with Crippen LogP contribution >= 0.6 is 0 Å². The molecule has 4 nitrogen and oxygen atoms in total. The first-order valence-electron chi connectivity index (χ1n) is 6.38. The van der Waals surface area contributed by atoms with Crippen LogP contribution in [0.1, 0.15) is 18.5 Å². The highest BCUT2D eigenvalue weighted by molar-refractivity contribution is 5.43. The molecule has 0 spiro atoms. The lowest BCUT2D eigenvalue weighted by Crippen LogP contribution is -2.31. The fraction of sp³-hybridized carbons (Fsp3) is 0.615. The van der Waals surface area contributed by atoms with Crippen molar-refractivity contribution in [3.05, 3.63) is 24.0 Å². The Morgan fingerprint density at radius 2 is 2.12 bits per heavy atom. The molecule has 2 N–H and O–H groups in total. The van der Waals surface area contributed by atoms with E-state index < -0.39 is 0 Å². The number of anilines is 1. The van der Waals surface area contributed by atoms with E-state index >= 15 is 0 Å². The summed E-state index contributed by atoms with van der Waals surface area (Å²) < 4.78 is 0. The number of pyridine rings is 1. The predicted octanol–water partition coefficient (Wildman–Crippen LogP) is 1.07. The Labute approximate surface area is 103 Å². The second-order valence-corrected chi connectivity index (χ2v) is 4.68. The molecule has 2 rings (SSSR count). The van der Waals surface area contributed by atoms with Gasteiger partial charge < -0.3 is 15.5 Å². The number of aromatic nitrogens is 1. The van der Waals surface area contributed by atoms with Crippen LogP contribution in [0, 0.1) is 0 Å². The van der Waals surface area contributed by atoms with Crippen molar-refractivity contribution in [3.8, 4) is 0 Å². The number of nitrogens with two attached hydrogens (primary N) is 1. The van der Waals surface area contributed by atoms with Crippen molar-refractivity contribution in [2.24, 2.45) is 5.73 Å². The van der Waals surface area contributed by atoms with Crippen molar-refractivity contribution < 1.29 is 0 Å². The third kappa shape index (κ3) is 3.41. The van der Waals surface area contributed by atoms with Crippen molar-refractivity contribution in [3.63, 3.8) is 0 Å². The van der Waals surface area contributed by atoms with E-state index in [0.717, 1.165) is 18.8 Å². The highest BCUT2D eigenvalue weighted by Crippen LogP contribution is 2.12. The second-order valence-electron chi connectivity index (χ2n) is 4.68. The van der Waals surface area contributed by atoms with Gasteiger partial charge in [0, 0.05) is 26.7 Å². The molecule has 1 aromatic rings. The molecule has 0 bridgehead atoms. The minimum absolute atomic E-state index is 0.512. The number of hydrogen-bond acceptors (Lipinski definition) is 4. The molecular weight excluding hydrogens is 212 g/mol. The molecular formula is C13H22N4. The molecule has 2 heterocycles. The average Bonchev–Trinajstić information content (AvgIpc) is 2.89. The van der Waals surface area contributed by atoms with Crippen LogP contribution in [0.4, 0.5) is 5.69 Å².